The van der Waals surface area contributed by atoms with E-state index in [1.807, 2.05) is 0 Å². The molecule has 0 saturated carbocycles. The molecule has 1 fully saturated rings. The van der Waals surface area contributed by atoms with Crippen LogP contribution in [0, 0.1) is 12.3 Å². The van der Waals surface area contributed by atoms with Crippen molar-refractivity contribution in [1.29, 1.82) is 0 Å². The van der Waals surface area contributed by atoms with Crippen LogP contribution in [0.5, 0.6) is 0 Å². The smallest absolute Gasteiger partial charge is 0.0657 e. The molecule has 0 amide bonds. The van der Waals surface area contributed by atoms with E-state index in [4.69, 9.17) is 11.2 Å². The molecule has 0 spiro atoms. The summed E-state index contributed by atoms with van der Waals surface area (Å²) in [6, 6.07) is 0. The average Bonchev–Trinajstić information content (AvgIpc) is 2.58. The number of unbranched alkanes of at least 4 members (excludes halogenated alkanes) is 1. The first-order valence-electron chi connectivity index (χ1n) is 6.68. The Balaban J connectivity index is 2.57. The van der Waals surface area contributed by atoms with E-state index < -0.39 is 0 Å². The van der Waals surface area contributed by atoms with E-state index in [-0.39, 0.29) is 11.1 Å². The van der Waals surface area contributed by atoms with Gasteiger partial charge in [-0.25, -0.2) is 0 Å². The maximum Gasteiger partial charge on any atom is 0.0657 e. The van der Waals surface area contributed by atoms with E-state index in [1.165, 1.54) is 19.4 Å². The monoisotopic (exact) mass is 237 g/mol. The molecule has 0 aromatic carbocycles. The first kappa shape index (κ1) is 14.5. The predicted molar refractivity (Wildman–Crippen MR) is 73.0 cm³/mol. The van der Waals surface area contributed by atoms with Gasteiger partial charge in [-0.2, -0.15) is 0 Å². The van der Waals surface area contributed by atoms with Gasteiger partial charge < -0.3 is 4.74 Å². The Bertz CT molecular complexity index is 274. The summed E-state index contributed by atoms with van der Waals surface area (Å²) in [7, 11) is 2.22. The highest BCUT2D eigenvalue weighted by atomic mass is 16.5. The van der Waals surface area contributed by atoms with Crippen molar-refractivity contribution in [3.05, 3.63) is 0 Å². The fourth-order valence-corrected chi connectivity index (χ4v) is 2.51. The van der Waals surface area contributed by atoms with Crippen LogP contribution in [0.2, 0.25) is 0 Å². The molecule has 1 atom stereocenters. The molecule has 0 bridgehead atoms. The second kappa shape index (κ2) is 5.89. The minimum Gasteiger partial charge on any atom is -0.374 e. The van der Waals surface area contributed by atoms with Crippen molar-refractivity contribution in [2.45, 2.75) is 64.0 Å². The summed E-state index contributed by atoms with van der Waals surface area (Å²) >= 11 is 0. The quantitative estimate of drug-likeness (QED) is 0.538. The number of hydrogen-bond acceptors (Lipinski definition) is 2. The Hall–Kier alpha value is -0.520. The summed E-state index contributed by atoms with van der Waals surface area (Å²) < 4.78 is 6.02. The van der Waals surface area contributed by atoms with Crippen molar-refractivity contribution >= 4 is 0 Å². The van der Waals surface area contributed by atoms with Gasteiger partial charge in [0, 0.05) is 12.0 Å². The van der Waals surface area contributed by atoms with Crippen LogP contribution in [-0.4, -0.2) is 36.2 Å². The van der Waals surface area contributed by atoms with Crippen LogP contribution in [0.15, 0.2) is 0 Å². The minimum absolute atomic E-state index is 0.0530. The highest BCUT2D eigenvalue weighted by Gasteiger charge is 2.39. The van der Waals surface area contributed by atoms with Gasteiger partial charge in [0.2, 0.25) is 0 Å². The number of likely N-dealkylation sites (tertiary alicyclic amines) is 1. The van der Waals surface area contributed by atoms with Crippen molar-refractivity contribution < 1.29 is 4.74 Å². The van der Waals surface area contributed by atoms with Crippen LogP contribution in [0.1, 0.15) is 52.9 Å². The van der Waals surface area contributed by atoms with Gasteiger partial charge in [0.15, 0.2) is 0 Å². The Labute approximate surface area is 107 Å². The number of nitrogens with zero attached hydrogens (tertiary/aromatic N) is 1. The summed E-state index contributed by atoms with van der Waals surface area (Å²) in [4.78, 5) is 2.47. The minimum atomic E-state index is -0.0530. The van der Waals surface area contributed by atoms with Crippen molar-refractivity contribution in [3.63, 3.8) is 0 Å². The van der Waals surface area contributed by atoms with Crippen molar-refractivity contribution in [2.24, 2.45) is 0 Å². The summed E-state index contributed by atoms with van der Waals surface area (Å²) in [6.07, 6.45) is 11.0. The number of likely N-dealkylation sites (N-methyl/N-ethyl adjacent to an activating group) is 1. The average molecular weight is 237 g/mol. The second-order valence-corrected chi connectivity index (χ2v) is 6.21. The van der Waals surface area contributed by atoms with Crippen molar-refractivity contribution in [1.82, 2.24) is 4.90 Å². The maximum atomic E-state index is 6.02. The van der Waals surface area contributed by atoms with E-state index in [9.17, 15) is 0 Å². The van der Waals surface area contributed by atoms with Gasteiger partial charge >= 0.3 is 0 Å². The van der Waals surface area contributed by atoms with E-state index in [0.717, 1.165) is 25.9 Å². The third-order valence-corrected chi connectivity index (χ3v) is 3.68. The molecule has 1 aliphatic heterocycles. The fourth-order valence-electron chi connectivity index (χ4n) is 2.51. The number of rotatable bonds is 5. The number of terminal acetylenes is 1. The van der Waals surface area contributed by atoms with Crippen LogP contribution in [-0.2, 0) is 4.74 Å². The van der Waals surface area contributed by atoms with Gasteiger partial charge in [-0.1, -0.05) is 0 Å². The van der Waals surface area contributed by atoms with E-state index >= 15 is 0 Å². The van der Waals surface area contributed by atoms with Crippen molar-refractivity contribution in [2.75, 3.05) is 20.2 Å². The molecule has 0 N–H and O–H groups in total. The lowest BCUT2D eigenvalue weighted by Crippen LogP contribution is -2.47. The lowest BCUT2D eigenvalue weighted by molar-refractivity contribution is -0.0600. The molecule has 17 heavy (non-hydrogen) atoms. The Morgan fingerprint density at radius 3 is 2.59 bits per heavy atom. The van der Waals surface area contributed by atoms with E-state index in [0.29, 0.717) is 0 Å². The summed E-state index contributed by atoms with van der Waals surface area (Å²) in [6.45, 7) is 8.38. The molecule has 0 radical (unpaired) electrons. The van der Waals surface area contributed by atoms with Crippen LogP contribution in [0.25, 0.3) is 0 Å². The third kappa shape index (κ3) is 4.33. The molecule has 1 saturated heterocycles. The van der Waals surface area contributed by atoms with Crippen LogP contribution >= 0.6 is 0 Å². The molecule has 0 aromatic rings. The van der Waals surface area contributed by atoms with Gasteiger partial charge in [-0.3, -0.25) is 4.90 Å². The summed E-state index contributed by atoms with van der Waals surface area (Å²) in [5.41, 5.74) is 0.173. The van der Waals surface area contributed by atoms with Crippen LogP contribution in [0.3, 0.4) is 0 Å². The largest absolute Gasteiger partial charge is 0.374 e. The molecule has 0 aliphatic carbocycles. The summed E-state index contributed by atoms with van der Waals surface area (Å²) in [5.74, 6) is 2.74. The Morgan fingerprint density at radius 2 is 2.12 bits per heavy atom. The molecule has 98 valence electrons. The third-order valence-electron chi connectivity index (χ3n) is 3.68. The molecule has 1 aliphatic rings. The van der Waals surface area contributed by atoms with Gasteiger partial charge in [0.05, 0.1) is 12.2 Å². The Morgan fingerprint density at radius 1 is 1.41 bits per heavy atom. The second-order valence-electron chi connectivity index (χ2n) is 6.21. The van der Waals surface area contributed by atoms with Crippen molar-refractivity contribution in [3.8, 4) is 12.3 Å². The molecule has 1 heterocycles. The maximum absolute atomic E-state index is 6.02. The standard InChI is InChI=1S/C15H27NO/c1-6-7-8-10-15(11-9-12-16(15)5)13-17-14(2,3)4/h1H,7-13H2,2-5H3/t15-/m0/s1. The van der Waals surface area contributed by atoms with Crippen LogP contribution < -0.4 is 0 Å². The topological polar surface area (TPSA) is 12.5 Å². The zero-order chi connectivity index (χ0) is 12.9. The predicted octanol–water partition coefficient (Wildman–Crippen LogP) is 3.07. The Kier molecular flexibility index (Phi) is 5.04. The number of hydrogen-bond donors (Lipinski definition) is 0. The highest BCUT2D eigenvalue weighted by molar-refractivity contribution is 4.96. The van der Waals surface area contributed by atoms with Gasteiger partial charge in [0.25, 0.3) is 0 Å². The molecular formula is C15H27NO. The molecular weight excluding hydrogens is 210 g/mol. The molecule has 2 nitrogen and oxygen atoms in total. The molecule has 1 rings (SSSR count). The molecule has 0 aromatic heterocycles. The van der Waals surface area contributed by atoms with E-state index in [1.54, 1.807) is 0 Å². The number of ether oxygens (including phenoxy) is 1. The lowest BCUT2D eigenvalue weighted by atomic mass is 9.90. The van der Waals surface area contributed by atoms with Gasteiger partial charge in [-0.05, 0) is 60.0 Å². The molecule has 0 unspecified atom stereocenters. The lowest BCUT2D eigenvalue weighted by Gasteiger charge is -2.38. The zero-order valence-corrected chi connectivity index (χ0v) is 11.9. The molecule has 2 heteroatoms. The van der Waals surface area contributed by atoms with Crippen LogP contribution in [0.4, 0.5) is 0 Å². The highest BCUT2D eigenvalue weighted by Crippen LogP contribution is 2.34. The summed E-state index contributed by atoms with van der Waals surface area (Å²) in [5, 5.41) is 0. The SMILES string of the molecule is C#CCCC[C@@]1(COC(C)(C)C)CCCN1C. The first-order valence-corrected chi connectivity index (χ1v) is 6.68. The zero-order valence-electron chi connectivity index (χ0n) is 11.9. The van der Waals surface area contributed by atoms with Gasteiger partial charge in [0.1, 0.15) is 0 Å². The fraction of sp³-hybridized carbons (Fsp3) is 0.867. The first-order chi connectivity index (χ1) is 7.90. The van der Waals surface area contributed by atoms with E-state index in [2.05, 4.69) is 38.6 Å². The normalized spacial score (nSPS) is 26.1. The van der Waals surface area contributed by atoms with Gasteiger partial charge in [-0.15, -0.1) is 12.3 Å².